The number of hydrogen-bond acceptors (Lipinski definition) is 4. The van der Waals surface area contributed by atoms with E-state index >= 15 is 0 Å². The van der Waals surface area contributed by atoms with Crippen LogP contribution < -0.4 is 5.32 Å². The largest absolute Gasteiger partial charge is 0.381 e. The lowest BCUT2D eigenvalue weighted by Gasteiger charge is -2.30. The summed E-state index contributed by atoms with van der Waals surface area (Å²) in [6.07, 6.45) is 4.68. The van der Waals surface area contributed by atoms with Gasteiger partial charge in [-0.05, 0) is 31.5 Å². The van der Waals surface area contributed by atoms with E-state index in [-0.39, 0.29) is 0 Å². The van der Waals surface area contributed by atoms with Crippen molar-refractivity contribution in [3.05, 3.63) is 29.6 Å². The molecule has 0 radical (unpaired) electrons. The molecule has 1 aromatic heterocycles. The SMILES string of the molecule is CNCc1ccc(CN2CCC(OC)CC2)nc1. The van der Waals surface area contributed by atoms with Gasteiger partial charge in [0.1, 0.15) is 0 Å². The van der Waals surface area contributed by atoms with Crippen molar-refractivity contribution in [2.75, 3.05) is 27.2 Å². The summed E-state index contributed by atoms with van der Waals surface area (Å²) in [5.74, 6) is 0. The Morgan fingerprint density at radius 1 is 1.39 bits per heavy atom. The van der Waals surface area contributed by atoms with Crippen molar-refractivity contribution in [1.82, 2.24) is 15.2 Å². The van der Waals surface area contributed by atoms with Gasteiger partial charge in [0, 0.05) is 39.5 Å². The molecule has 1 aliphatic heterocycles. The lowest BCUT2D eigenvalue weighted by Crippen LogP contribution is -2.36. The predicted octanol–water partition coefficient (Wildman–Crippen LogP) is 1.41. The van der Waals surface area contributed by atoms with Crippen LogP contribution in [0.5, 0.6) is 0 Å². The maximum atomic E-state index is 5.38. The standard InChI is InChI=1S/C14H23N3O/c1-15-9-12-3-4-13(16-10-12)11-17-7-5-14(18-2)6-8-17/h3-4,10,14-15H,5-9,11H2,1-2H3. The van der Waals surface area contributed by atoms with Crippen LogP contribution in [0.25, 0.3) is 0 Å². The summed E-state index contributed by atoms with van der Waals surface area (Å²) in [6, 6.07) is 4.29. The Balaban J connectivity index is 1.82. The van der Waals surface area contributed by atoms with Gasteiger partial charge >= 0.3 is 0 Å². The van der Waals surface area contributed by atoms with Crippen LogP contribution >= 0.6 is 0 Å². The van der Waals surface area contributed by atoms with Crippen LogP contribution in [0.2, 0.25) is 0 Å². The molecule has 0 atom stereocenters. The lowest BCUT2D eigenvalue weighted by molar-refractivity contribution is 0.0385. The van der Waals surface area contributed by atoms with E-state index in [1.165, 1.54) is 5.56 Å². The van der Waals surface area contributed by atoms with Crippen molar-refractivity contribution in [3.8, 4) is 0 Å². The molecular formula is C14H23N3O. The molecule has 2 rings (SSSR count). The third-order valence-corrected chi connectivity index (χ3v) is 3.52. The van der Waals surface area contributed by atoms with E-state index in [1.807, 2.05) is 20.4 Å². The fourth-order valence-corrected chi connectivity index (χ4v) is 2.39. The Kier molecular flexibility index (Phi) is 5.11. The van der Waals surface area contributed by atoms with Gasteiger partial charge < -0.3 is 10.1 Å². The van der Waals surface area contributed by atoms with Gasteiger partial charge in [0.25, 0.3) is 0 Å². The normalized spacial score (nSPS) is 18.1. The fourth-order valence-electron chi connectivity index (χ4n) is 2.39. The Morgan fingerprint density at radius 3 is 2.72 bits per heavy atom. The predicted molar refractivity (Wildman–Crippen MR) is 72.3 cm³/mol. The maximum absolute atomic E-state index is 5.38. The van der Waals surface area contributed by atoms with Gasteiger partial charge in [0.2, 0.25) is 0 Å². The fraction of sp³-hybridized carbons (Fsp3) is 0.643. The minimum atomic E-state index is 0.451. The zero-order valence-electron chi connectivity index (χ0n) is 11.4. The minimum Gasteiger partial charge on any atom is -0.381 e. The van der Waals surface area contributed by atoms with Gasteiger partial charge in [0.15, 0.2) is 0 Å². The molecule has 0 saturated carbocycles. The number of likely N-dealkylation sites (tertiary alicyclic amines) is 1. The molecular weight excluding hydrogens is 226 g/mol. The first-order valence-corrected chi connectivity index (χ1v) is 6.65. The minimum absolute atomic E-state index is 0.451. The number of ether oxygens (including phenoxy) is 1. The first-order valence-electron chi connectivity index (χ1n) is 6.65. The first kappa shape index (κ1) is 13.5. The molecule has 2 heterocycles. The molecule has 0 bridgehead atoms. The van der Waals surface area contributed by atoms with E-state index in [9.17, 15) is 0 Å². The van der Waals surface area contributed by atoms with Crippen LogP contribution in [-0.4, -0.2) is 43.2 Å². The molecule has 1 fully saturated rings. The van der Waals surface area contributed by atoms with Crippen molar-refractivity contribution >= 4 is 0 Å². The highest BCUT2D eigenvalue weighted by atomic mass is 16.5. The molecule has 0 amide bonds. The van der Waals surface area contributed by atoms with E-state index in [0.29, 0.717) is 6.10 Å². The number of hydrogen-bond donors (Lipinski definition) is 1. The summed E-state index contributed by atoms with van der Waals surface area (Å²) < 4.78 is 5.38. The Bertz CT molecular complexity index is 345. The number of piperidine rings is 1. The first-order chi connectivity index (χ1) is 8.81. The van der Waals surface area contributed by atoms with E-state index in [4.69, 9.17) is 4.74 Å². The number of methoxy groups -OCH3 is 1. The summed E-state index contributed by atoms with van der Waals surface area (Å²) in [7, 11) is 3.76. The number of nitrogens with one attached hydrogen (secondary N) is 1. The Labute approximate surface area is 109 Å². The van der Waals surface area contributed by atoms with Crippen LogP contribution in [-0.2, 0) is 17.8 Å². The van der Waals surface area contributed by atoms with Crippen molar-refractivity contribution in [1.29, 1.82) is 0 Å². The van der Waals surface area contributed by atoms with Gasteiger partial charge in [-0.15, -0.1) is 0 Å². The summed E-state index contributed by atoms with van der Waals surface area (Å²) in [4.78, 5) is 6.97. The van der Waals surface area contributed by atoms with Gasteiger partial charge in [-0.25, -0.2) is 0 Å². The zero-order valence-corrected chi connectivity index (χ0v) is 11.4. The van der Waals surface area contributed by atoms with E-state index in [2.05, 4.69) is 27.3 Å². The average molecular weight is 249 g/mol. The second kappa shape index (κ2) is 6.83. The summed E-state index contributed by atoms with van der Waals surface area (Å²) in [6.45, 7) is 4.06. The highest BCUT2D eigenvalue weighted by Gasteiger charge is 2.18. The Morgan fingerprint density at radius 2 is 2.17 bits per heavy atom. The maximum Gasteiger partial charge on any atom is 0.0595 e. The van der Waals surface area contributed by atoms with E-state index in [1.54, 1.807) is 0 Å². The number of aromatic nitrogens is 1. The van der Waals surface area contributed by atoms with Crippen molar-refractivity contribution < 1.29 is 4.74 Å². The number of nitrogens with zero attached hydrogens (tertiary/aromatic N) is 2. The summed E-state index contributed by atoms with van der Waals surface area (Å²) in [5.41, 5.74) is 2.39. The molecule has 1 N–H and O–H groups in total. The molecule has 1 saturated heterocycles. The molecule has 0 unspecified atom stereocenters. The van der Waals surface area contributed by atoms with Crippen LogP contribution in [0.4, 0.5) is 0 Å². The monoisotopic (exact) mass is 249 g/mol. The summed E-state index contributed by atoms with van der Waals surface area (Å²) in [5, 5.41) is 3.13. The van der Waals surface area contributed by atoms with Crippen LogP contribution in [0.1, 0.15) is 24.1 Å². The lowest BCUT2D eigenvalue weighted by atomic mass is 10.1. The number of pyridine rings is 1. The summed E-state index contributed by atoms with van der Waals surface area (Å²) >= 11 is 0. The van der Waals surface area contributed by atoms with E-state index in [0.717, 1.165) is 44.7 Å². The van der Waals surface area contributed by atoms with Crippen LogP contribution in [0, 0.1) is 0 Å². The van der Waals surface area contributed by atoms with E-state index < -0.39 is 0 Å². The third-order valence-electron chi connectivity index (χ3n) is 3.52. The van der Waals surface area contributed by atoms with Gasteiger partial charge in [-0.3, -0.25) is 9.88 Å². The Hall–Kier alpha value is -0.970. The molecule has 0 aromatic carbocycles. The van der Waals surface area contributed by atoms with Gasteiger partial charge in [0.05, 0.1) is 11.8 Å². The van der Waals surface area contributed by atoms with Gasteiger partial charge in [-0.1, -0.05) is 6.07 Å². The molecule has 1 aromatic rings. The van der Waals surface area contributed by atoms with Crippen molar-refractivity contribution in [2.45, 2.75) is 32.0 Å². The molecule has 4 heteroatoms. The number of rotatable bonds is 5. The van der Waals surface area contributed by atoms with Gasteiger partial charge in [-0.2, -0.15) is 0 Å². The zero-order chi connectivity index (χ0) is 12.8. The molecule has 4 nitrogen and oxygen atoms in total. The van der Waals surface area contributed by atoms with Crippen molar-refractivity contribution in [3.63, 3.8) is 0 Å². The van der Waals surface area contributed by atoms with Crippen LogP contribution in [0.3, 0.4) is 0 Å². The molecule has 1 aliphatic rings. The third kappa shape index (κ3) is 3.77. The topological polar surface area (TPSA) is 37.4 Å². The second-order valence-electron chi connectivity index (χ2n) is 4.90. The molecule has 100 valence electrons. The molecule has 0 aliphatic carbocycles. The smallest absolute Gasteiger partial charge is 0.0595 e. The molecule has 18 heavy (non-hydrogen) atoms. The second-order valence-corrected chi connectivity index (χ2v) is 4.90. The quantitative estimate of drug-likeness (QED) is 0.856. The molecule has 0 spiro atoms. The average Bonchev–Trinajstić information content (AvgIpc) is 2.42. The van der Waals surface area contributed by atoms with Crippen LogP contribution in [0.15, 0.2) is 18.3 Å². The highest BCUT2D eigenvalue weighted by Crippen LogP contribution is 2.15. The van der Waals surface area contributed by atoms with Crippen molar-refractivity contribution in [2.24, 2.45) is 0 Å². The highest BCUT2D eigenvalue weighted by molar-refractivity contribution is 5.13.